The fourth-order valence-corrected chi connectivity index (χ4v) is 4.64. The van der Waals surface area contributed by atoms with Crippen molar-refractivity contribution in [2.24, 2.45) is 0 Å². The molecule has 4 aromatic rings. The molecule has 7 nitrogen and oxygen atoms in total. The summed E-state index contributed by atoms with van der Waals surface area (Å²) in [6, 6.07) is 5.06. The minimum absolute atomic E-state index is 0.0176. The zero-order chi connectivity index (χ0) is 24.0. The van der Waals surface area contributed by atoms with Crippen LogP contribution in [0.2, 0.25) is 0 Å². The van der Waals surface area contributed by atoms with Crippen LogP contribution < -0.4 is 5.32 Å². The number of aromatic nitrogens is 5. The SMILES string of the molecule is CCN1CCc2cc(Nc3ncc(F)c(-c4cc(F)c5nc(C)n(C(C)C)c5c4)n3)ncc2C1. The van der Waals surface area contributed by atoms with Crippen molar-refractivity contribution >= 4 is 22.8 Å². The highest BCUT2D eigenvalue weighted by Gasteiger charge is 2.19. The topological polar surface area (TPSA) is 71.8 Å². The molecule has 0 aliphatic carbocycles. The van der Waals surface area contributed by atoms with Crippen molar-refractivity contribution in [3.05, 3.63) is 59.2 Å². The molecule has 1 aliphatic heterocycles. The second-order valence-electron chi connectivity index (χ2n) is 8.92. The summed E-state index contributed by atoms with van der Waals surface area (Å²) in [6.07, 6.45) is 3.90. The molecule has 0 bridgehead atoms. The van der Waals surface area contributed by atoms with Crippen molar-refractivity contribution in [2.75, 3.05) is 18.4 Å². The average molecular weight is 464 g/mol. The van der Waals surface area contributed by atoms with Gasteiger partial charge in [-0.25, -0.2) is 28.7 Å². The first-order chi connectivity index (χ1) is 16.3. The van der Waals surface area contributed by atoms with Crippen LogP contribution in [0.1, 0.15) is 43.8 Å². The quantitative estimate of drug-likeness (QED) is 0.440. The number of anilines is 2. The third-order valence-electron chi connectivity index (χ3n) is 6.32. The average Bonchev–Trinajstić information content (AvgIpc) is 3.16. The molecule has 34 heavy (non-hydrogen) atoms. The number of nitrogens with zero attached hydrogens (tertiary/aromatic N) is 6. The van der Waals surface area contributed by atoms with Gasteiger partial charge in [0.15, 0.2) is 11.6 Å². The number of pyridine rings is 1. The van der Waals surface area contributed by atoms with Gasteiger partial charge in [0.25, 0.3) is 0 Å². The van der Waals surface area contributed by atoms with Gasteiger partial charge in [0, 0.05) is 30.9 Å². The largest absolute Gasteiger partial charge is 0.326 e. The molecule has 1 aromatic carbocycles. The van der Waals surface area contributed by atoms with E-state index >= 15 is 0 Å². The molecule has 0 unspecified atom stereocenters. The Balaban J connectivity index is 1.49. The minimum atomic E-state index is -0.630. The van der Waals surface area contributed by atoms with Crippen molar-refractivity contribution in [1.29, 1.82) is 0 Å². The van der Waals surface area contributed by atoms with Gasteiger partial charge in [-0.05, 0) is 63.1 Å². The van der Waals surface area contributed by atoms with Crippen molar-refractivity contribution in [3.8, 4) is 11.3 Å². The Morgan fingerprint density at radius 3 is 2.62 bits per heavy atom. The zero-order valence-corrected chi connectivity index (χ0v) is 19.7. The van der Waals surface area contributed by atoms with Crippen LogP contribution in [0.5, 0.6) is 0 Å². The third kappa shape index (κ3) is 4.00. The molecule has 9 heteroatoms. The molecule has 4 heterocycles. The number of nitrogens with one attached hydrogen (secondary N) is 1. The lowest BCUT2D eigenvalue weighted by Crippen LogP contribution is -2.30. The molecule has 0 saturated carbocycles. The van der Waals surface area contributed by atoms with E-state index in [2.05, 4.69) is 37.1 Å². The number of halogens is 2. The van der Waals surface area contributed by atoms with Crippen molar-refractivity contribution in [2.45, 2.75) is 46.7 Å². The number of hydrogen-bond donors (Lipinski definition) is 1. The van der Waals surface area contributed by atoms with Crippen LogP contribution in [0.25, 0.3) is 22.3 Å². The fourth-order valence-electron chi connectivity index (χ4n) is 4.64. The number of aryl methyl sites for hydroxylation is 1. The lowest BCUT2D eigenvalue weighted by Gasteiger charge is -2.27. The molecule has 0 atom stereocenters. The van der Waals surface area contributed by atoms with Gasteiger partial charge in [-0.3, -0.25) is 4.90 Å². The monoisotopic (exact) mass is 463 g/mol. The van der Waals surface area contributed by atoms with E-state index in [1.165, 1.54) is 17.2 Å². The molecule has 5 rings (SSSR count). The van der Waals surface area contributed by atoms with Crippen LogP contribution in [0.15, 0.2) is 30.6 Å². The minimum Gasteiger partial charge on any atom is -0.326 e. The van der Waals surface area contributed by atoms with Gasteiger partial charge in [-0.15, -0.1) is 0 Å². The zero-order valence-electron chi connectivity index (χ0n) is 19.7. The first-order valence-corrected chi connectivity index (χ1v) is 11.5. The third-order valence-corrected chi connectivity index (χ3v) is 6.32. The van der Waals surface area contributed by atoms with Gasteiger partial charge in [-0.2, -0.15) is 0 Å². The summed E-state index contributed by atoms with van der Waals surface area (Å²) >= 11 is 0. The number of hydrogen-bond acceptors (Lipinski definition) is 6. The molecular weight excluding hydrogens is 436 g/mol. The Bertz CT molecular complexity index is 1380. The molecule has 3 aromatic heterocycles. The molecule has 1 N–H and O–H groups in total. The van der Waals surface area contributed by atoms with E-state index in [1.54, 1.807) is 6.07 Å². The van der Waals surface area contributed by atoms with Crippen LogP contribution in [-0.2, 0) is 13.0 Å². The van der Waals surface area contributed by atoms with Gasteiger partial charge in [0.05, 0.1) is 11.7 Å². The second kappa shape index (κ2) is 8.72. The summed E-state index contributed by atoms with van der Waals surface area (Å²) in [5.41, 5.74) is 3.65. The molecule has 0 amide bonds. The molecule has 0 spiro atoms. The van der Waals surface area contributed by atoms with E-state index < -0.39 is 11.6 Å². The molecule has 0 fully saturated rings. The predicted molar refractivity (Wildman–Crippen MR) is 128 cm³/mol. The van der Waals surface area contributed by atoms with Crippen molar-refractivity contribution in [1.82, 2.24) is 29.4 Å². The first kappa shape index (κ1) is 22.3. The van der Waals surface area contributed by atoms with E-state index in [0.29, 0.717) is 22.7 Å². The molecular formula is C25H27F2N7. The van der Waals surface area contributed by atoms with Crippen LogP contribution in [-0.4, -0.2) is 42.5 Å². The molecule has 0 radical (unpaired) electrons. The van der Waals surface area contributed by atoms with Gasteiger partial charge in [0.2, 0.25) is 5.95 Å². The maximum atomic E-state index is 14.9. The number of rotatable bonds is 5. The van der Waals surface area contributed by atoms with Crippen molar-refractivity contribution < 1.29 is 8.78 Å². The summed E-state index contributed by atoms with van der Waals surface area (Å²) in [7, 11) is 0. The highest BCUT2D eigenvalue weighted by Crippen LogP contribution is 2.30. The highest BCUT2D eigenvalue weighted by molar-refractivity contribution is 5.83. The summed E-state index contributed by atoms with van der Waals surface area (Å²) in [4.78, 5) is 19.6. The summed E-state index contributed by atoms with van der Waals surface area (Å²) in [5.74, 6) is 0.349. The van der Waals surface area contributed by atoms with Gasteiger partial charge in [-0.1, -0.05) is 6.92 Å². The van der Waals surface area contributed by atoms with Gasteiger partial charge < -0.3 is 9.88 Å². The van der Waals surface area contributed by atoms with E-state index in [4.69, 9.17) is 0 Å². The van der Waals surface area contributed by atoms with Gasteiger partial charge >= 0.3 is 0 Å². The Morgan fingerprint density at radius 1 is 1.03 bits per heavy atom. The maximum absolute atomic E-state index is 14.9. The summed E-state index contributed by atoms with van der Waals surface area (Å²) in [5, 5.41) is 3.08. The predicted octanol–water partition coefficient (Wildman–Crippen LogP) is 5.18. The van der Waals surface area contributed by atoms with Gasteiger partial charge in [0.1, 0.15) is 22.9 Å². The Kier molecular flexibility index (Phi) is 5.73. The van der Waals surface area contributed by atoms with Crippen LogP contribution >= 0.6 is 0 Å². The number of fused-ring (bicyclic) bond motifs is 2. The molecule has 1 aliphatic rings. The Morgan fingerprint density at radius 2 is 1.85 bits per heavy atom. The highest BCUT2D eigenvalue weighted by atomic mass is 19.1. The lowest BCUT2D eigenvalue weighted by atomic mass is 10.0. The normalized spacial score (nSPS) is 14.1. The lowest BCUT2D eigenvalue weighted by molar-refractivity contribution is 0.267. The summed E-state index contributed by atoms with van der Waals surface area (Å²) in [6.45, 7) is 10.9. The molecule has 176 valence electrons. The number of benzene rings is 1. The molecule has 0 saturated heterocycles. The Labute approximate surface area is 196 Å². The van der Waals surface area contributed by atoms with Crippen molar-refractivity contribution in [3.63, 3.8) is 0 Å². The number of likely N-dealkylation sites (N-methyl/N-ethyl adjacent to an activating group) is 1. The van der Waals surface area contributed by atoms with E-state index in [1.807, 2.05) is 37.6 Å². The maximum Gasteiger partial charge on any atom is 0.229 e. The second-order valence-corrected chi connectivity index (χ2v) is 8.92. The first-order valence-electron chi connectivity index (χ1n) is 11.5. The van der Waals surface area contributed by atoms with E-state index in [9.17, 15) is 8.78 Å². The van der Waals surface area contributed by atoms with E-state index in [-0.39, 0.29) is 23.2 Å². The van der Waals surface area contributed by atoms with Crippen LogP contribution in [0.4, 0.5) is 20.5 Å². The smallest absolute Gasteiger partial charge is 0.229 e. The number of imidazole rings is 1. The van der Waals surface area contributed by atoms with Crippen LogP contribution in [0, 0.1) is 18.6 Å². The van der Waals surface area contributed by atoms with Crippen LogP contribution in [0.3, 0.4) is 0 Å². The summed E-state index contributed by atoms with van der Waals surface area (Å²) < 4.78 is 31.6. The Hall–Kier alpha value is -3.46. The fraction of sp³-hybridized carbons (Fsp3) is 0.360. The standard InChI is InChI=1S/C25H27F2N7/c1-5-33-7-6-16-10-22(28-11-18(16)13-33)31-25-29-12-20(27)23(32-25)17-8-19(26)24-21(9-17)34(14(2)3)15(4)30-24/h8-12,14H,5-7,13H2,1-4H3,(H,28,29,31,32). The van der Waals surface area contributed by atoms with E-state index in [0.717, 1.165) is 32.3 Å².